The highest BCUT2D eigenvalue weighted by Gasteiger charge is 2.22. The minimum absolute atomic E-state index is 0.0167. The van der Waals surface area contributed by atoms with Crippen molar-refractivity contribution in [3.63, 3.8) is 0 Å². The fourth-order valence-electron chi connectivity index (χ4n) is 2.19. The molecule has 1 atom stereocenters. The second kappa shape index (κ2) is 14.6. The first-order valence-electron chi connectivity index (χ1n) is 9.74. The second-order valence-electron chi connectivity index (χ2n) is 7.59. The standard InChI is InChI=1S/C18H38NO6P/c1-5-6-7-8-9-10-11-13-18(20)23-15-12-16-24-26(21,22)25-17-14-19(2,3)4/h5-17H2,1-4H3/p+1. The minimum atomic E-state index is -4.03. The molecule has 0 aromatic carbocycles. The maximum Gasteiger partial charge on any atom is 0.472 e. The predicted molar refractivity (Wildman–Crippen MR) is 103 cm³/mol. The fraction of sp³-hybridized carbons (Fsp3) is 0.944. The maximum absolute atomic E-state index is 11.7. The Morgan fingerprint density at radius 1 is 0.885 bits per heavy atom. The van der Waals surface area contributed by atoms with Gasteiger partial charge in [-0.05, 0) is 6.42 Å². The lowest BCUT2D eigenvalue weighted by Gasteiger charge is -2.24. The van der Waals surface area contributed by atoms with Crippen LogP contribution in [-0.4, -0.2) is 62.9 Å². The van der Waals surface area contributed by atoms with E-state index in [1.54, 1.807) is 0 Å². The Labute approximate surface area is 159 Å². The average molecular weight is 396 g/mol. The fourth-order valence-corrected chi connectivity index (χ4v) is 2.94. The quantitative estimate of drug-likeness (QED) is 0.174. The summed E-state index contributed by atoms with van der Waals surface area (Å²) >= 11 is 0. The number of carbonyl (C=O) groups excluding carboxylic acids is 1. The van der Waals surface area contributed by atoms with Crippen LogP contribution in [0.1, 0.15) is 64.7 Å². The van der Waals surface area contributed by atoms with Crippen molar-refractivity contribution in [3.05, 3.63) is 0 Å². The molecule has 0 saturated carbocycles. The molecular weight excluding hydrogens is 357 g/mol. The summed E-state index contributed by atoms with van der Waals surface area (Å²) in [4.78, 5) is 21.1. The van der Waals surface area contributed by atoms with E-state index >= 15 is 0 Å². The molecule has 0 saturated heterocycles. The highest BCUT2D eigenvalue weighted by atomic mass is 31.2. The van der Waals surface area contributed by atoms with Gasteiger partial charge in [-0.25, -0.2) is 4.57 Å². The summed E-state index contributed by atoms with van der Waals surface area (Å²) in [7, 11) is 1.87. The highest BCUT2D eigenvalue weighted by molar-refractivity contribution is 7.47. The van der Waals surface area contributed by atoms with Gasteiger partial charge in [0.05, 0.1) is 34.4 Å². The van der Waals surface area contributed by atoms with Gasteiger partial charge in [0.15, 0.2) is 0 Å². The first kappa shape index (κ1) is 25.5. The van der Waals surface area contributed by atoms with Gasteiger partial charge in [0.25, 0.3) is 0 Å². The van der Waals surface area contributed by atoms with Crippen molar-refractivity contribution in [3.8, 4) is 0 Å². The van der Waals surface area contributed by atoms with Crippen LogP contribution in [0.3, 0.4) is 0 Å². The van der Waals surface area contributed by atoms with E-state index < -0.39 is 7.82 Å². The van der Waals surface area contributed by atoms with Gasteiger partial charge in [-0.3, -0.25) is 13.8 Å². The zero-order chi connectivity index (χ0) is 19.9. The number of ether oxygens (including phenoxy) is 1. The minimum Gasteiger partial charge on any atom is -0.466 e. The van der Waals surface area contributed by atoms with Gasteiger partial charge in [0.1, 0.15) is 13.2 Å². The van der Waals surface area contributed by atoms with Crippen LogP contribution in [0.15, 0.2) is 0 Å². The van der Waals surface area contributed by atoms with E-state index in [0.29, 0.717) is 23.9 Å². The zero-order valence-corrected chi connectivity index (χ0v) is 18.0. The van der Waals surface area contributed by atoms with Crippen LogP contribution in [0.4, 0.5) is 0 Å². The largest absolute Gasteiger partial charge is 0.472 e. The Morgan fingerprint density at radius 3 is 2.08 bits per heavy atom. The molecule has 0 radical (unpaired) electrons. The Balaban J connectivity index is 3.55. The Bertz CT molecular complexity index is 411. The molecule has 1 unspecified atom stereocenters. The van der Waals surface area contributed by atoms with E-state index in [-0.39, 0.29) is 25.8 Å². The van der Waals surface area contributed by atoms with E-state index in [1.807, 2.05) is 21.1 Å². The summed E-state index contributed by atoms with van der Waals surface area (Å²) in [6.07, 6.45) is 8.91. The lowest BCUT2D eigenvalue weighted by Crippen LogP contribution is -2.37. The summed E-state index contributed by atoms with van der Waals surface area (Å²) in [5.41, 5.74) is 0. The molecule has 0 aliphatic heterocycles. The van der Waals surface area contributed by atoms with Crippen LogP contribution in [0, 0.1) is 0 Å². The predicted octanol–water partition coefficient (Wildman–Crippen LogP) is 3.90. The molecule has 7 nitrogen and oxygen atoms in total. The number of carbonyl (C=O) groups is 1. The Morgan fingerprint density at radius 2 is 1.46 bits per heavy atom. The third kappa shape index (κ3) is 18.3. The SMILES string of the molecule is CCCCCCCCCC(=O)OCCCOP(=O)(O)OCC[N+](C)(C)C. The van der Waals surface area contributed by atoms with Gasteiger partial charge >= 0.3 is 13.8 Å². The molecular formula is C18H39NO6P+. The number of quaternary nitrogens is 1. The zero-order valence-electron chi connectivity index (χ0n) is 17.1. The average Bonchev–Trinajstić information content (AvgIpc) is 2.52. The van der Waals surface area contributed by atoms with E-state index in [2.05, 4.69) is 6.92 Å². The van der Waals surface area contributed by atoms with Crippen molar-refractivity contribution in [1.29, 1.82) is 0 Å². The number of nitrogens with zero attached hydrogens (tertiary/aromatic N) is 1. The molecule has 0 aliphatic carbocycles. The summed E-state index contributed by atoms with van der Waals surface area (Å²) in [6, 6.07) is 0. The summed E-state index contributed by atoms with van der Waals surface area (Å²) < 4.78 is 27.2. The van der Waals surface area contributed by atoms with E-state index in [9.17, 15) is 14.3 Å². The van der Waals surface area contributed by atoms with Crippen LogP contribution >= 0.6 is 7.82 Å². The molecule has 26 heavy (non-hydrogen) atoms. The van der Waals surface area contributed by atoms with E-state index in [1.165, 1.54) is 32.1 Å². The second-order valence-corrected chi connectivity index (χ2v) is 9.05. The molecule has 1 N–H and O–H groups in total. The monoisotopic (exact) mass is 396 g/mol. The first-order valence-corrected chi connectivity index (χ1v) is 11.2. The molecule has 0 aromatic heterocycles. The lowest BCUT2D eigenvalue weighted by atomic mass is 10.1. The topological polar surface area (TPSA) is 82.1 Å². The number of phosphoric ester groups is 1. The smallest absolute Gasteiger partial charge is 0.466 e. The van der Waals surface area contributed by atoms with Crippen LogP contribution in [0.5, 0.6) is 0 Å². The van der Waals surface area contributed by atoms with Crippen LogP contribution in [-0.2, 0) is 23.1 Å². The summed E-state index contributed by atoms with van der Waals surface area (Å²) in [5, 5.41) is 0. The van der Waals surface area contributed by atoms with Crippen molar-refractivity contribution < 1.29 is 32.5 Å². The van der Waals surface area contributed by atoms with Gasteiger partial charge < -0.3 is 14.1 Å². The molecule has 0 rings (SSSR count). The van der Waals surface area contributed by atoms with Crippen molar-refractivity contribution in [1.82, 2.24) is 0 Å². The van der Waals surface area contributed by atoms with Crippen molar-refractivity contribution in [2.75, 3.05) is 47.5 Å². The maximum atomic E-state index is 11.7. The number of unbranched alkanes of at least 4 members (excludes halogenated alkanes) is 6. The molecule has 0 aromatic rings. The number of rotatable bonds is 17. The molecule has 156 valence electrons. The summed E-state index contributed by atoms with van der Waals surface area (Å²) in [6.45, 7) is 3.14. The van der Waals surface area contributed by atoms with E-state index in [4.69, 9.17) is 13.8 Å². The van der Waals surface area contributed by atoms with Crippen LogP contribution < -0.4 is 0 Å². The van der Waals surface area contributed by atoms with Crippen molar-refractivity contribution >= 4 is 13.8 Å². The normalized spacial score (nSPS) is 14.2. The Kier molecular flexibility index (Phi) is 14.3. The molecule has 0 amide bonds. The van der Waals surface area contributed by atoms with Crippen molar-refractivity contribution in [2.24, 2.45) is 0 Å². The van der Waals surface area contributed by atoms with E-state index in [0.717, 1.165) is 12.8 Å². The lowest BCUT2D eigenvalue weighted by molar-refractivity contribution is -0.870. The first-order chi connectivity index (χ1) is 12.2. The van der Waals surface area contributed by atoms with Gasteiger partial charge in [0, 0.05) is 12.8 Å². The number of phosphoric acid groups is 1. The van der Waals surface area contributed by atoms with Gasteiger partial charge in [0.2, 0.25) is 0 Å². The van der Waals surface area contributed by atoms with Gasteiger partial charge in [-0.1, -0.05) is 45.4 Å². The van der Waals surface area contributed by atoms with Gasteiger partial charge in [-0.15, -0.1) is 0 Å². The van der Waals surface area contributed by atoms with Gasteiger partial charge in [-0.2, -0.15) is 0 Å². The van der Waals surface area contributed by atoms with Crippen LogP contribution in [0.2, 0.25) is 0 Å². The molecule has 0 aliphatic rings. The van der Waals surface area contributed by atoms with Crippen LogP contribution in [0.25, 0.3) is 0 Å². The molecule has 8 heteroatoms. The van der Waals surface area contributed by atoms with Crippen molar-refractivity contribution in [2.45, 2.75) is 64.7 Å². The Hall–Kier alpha value is -0.460. The third-order valence-electron chi connectivity index (χ3n) is 3.81. The highest BCUT2D eigenvalue weighted by Crippen LogP contribution is 2.43. The number of likely N-dealkylation sites (N-methyl/N-ethyl adjacent to an activating group) is 1. The molecule has 0 bridgehead atoms. The summed E-state index contributed by atoms with van der Waals surface area (Å²) in [5.74, 6) is -0.218. The third-order valence-corrected chi connectivity index (χ3v) is 4.82. The number of hydrogen-bond donors (Lipinski definition) is 1. The molecule has 0 fully saturated rings. The number of hydrogen-bond acceptors (Lipinski definition) is 5. The number of esters is 1. The molecule has 0 heterocycles. The molecule has 0 spiro atoms.